The highest BCUT2D eigenvalue weighted by Crippen LogP contribution is 2.33. The third kappa shape index (κ3) is 4.44. The van der Waals surface area contributed by atoms with E-state index in [0.29, 0.717) is 6.42 Å². The Bertz CT molecular complexity index is 411. The first-order valence-electron chi connectivity index (χ1n) is 5.41. The third-order valence-corrected chi connectivity index (χ3v) is 2.31. The summed E-state index contributed by atoms with van der Waals surface area (Å²) in [6, 6.07) is 2.93. The molecule has 1 rings (SSSR count). The predicted molar refractivity (Wildman–Crippen MR) is 62.3 cm³/mol. The van der Waals surface area contributed by atoms with E-state index in [2.05, 4.69) is 0 Å². The molecule has 3 N–H and O–H groups in total. The maximum atomic E-state index is 12.4. The molecule has 0 aliphatic heterocycles. The van der Waals surface area contributed by atoms with E-state index in [1.54, 1.807) is 13.8 Å². The molecule has 0 amide bonds. The van der Waals surface area contributed by atoms with Crippen LogP contribution in [0.1, 0.15) is 25.8 Å². The molecule has 0 saturated carbocycles. The number of halogens is 3. The number of anilines is 1. The largest absolute Gasteiger partial charge is 0.491 e. The molecule has 0 aromatic heterocycles. The fourth-order valence-electron chi connectivity index (χ4n) is 1.27. The molecule has 0 fully saturated rings. The Hall–Kier alpha value is -1.43. The van der Waals surface area contributed by atoms with Crippen molar-refractivity contribution in [1.29, 1.82) is 0 Å². The molecule has 0 spiro atoms. The van der Waals surface area contributed by atoms with Crippen LogP contribution in [0.5, 0.6) is 5.75 Å². The maximum Gasteiger partial charge on any atom is 0.416 e. The van der Waals surface area contributed by atoms with Crippen LogP contribution in [0.4, 0.5) is 18.9 Å². The van der Waals surface area contributed by atoms with Crippen molar-refractivity contribution in [1.82, 2.24) is 0 Å². The van der Waals surface area contributed by atoms with Gasteiger partial charge in [-0.1, -0.05) is 0 Å². The minimum atomic E-state index is -4.42. The quantitative estimate of drug-likeness (QED) is 0.821. The number of ether oxygens (including phenoxy) is 1. The molecular formula is C12H16F3NO2. The monoisotopic (exact) mass is 263 g/mol. The normalized spacial score (nSPS) is 12.6. The zero-order chi connectivity index (χ0) is 14.0. The average molecular weight is 263 g/mol. The van der Waals surface area contributed by atoms with Crippen molar-refractivity contribution in [3.8, 4) is 5.75 Å². The topological polar surface area (TPSA) is 55.5 Å². The van der Waals surface area contributed by atoms with Gasteiger partial charge in [0.05, 0.1) is 23.5 Å². The molecule has 0 bridgehead atoms. The molecule has 6 heteroatoms. The van der Waals surface area contributed by atoms with Gasteiger partial charge in [0.1, 0.15) is 5.75 Å². The van der Waals surface area contributed by atoms with Crippen LogP contribution in [0.25, 0.3) is 0 Å². The highest BCUT2D eigenvalue weighted by atomic mass is 19.4. The van der Waals surface area contributed by atoms with Gasteiger partial charge >= 0.3 is 6.18 Å². The Morgan fingerprint density at radius 3 is 2.33 bits per heavy atom. The van der Waals surface area contributed by atoms with Gasteiger partial charge in [0.15, 0.2) is 0 Å². The van der Waals surface area contributed by atoms with Gasteiger partial charge < -0.3 is 15.6 Å². The van der Waals surface area contributed by atoms with E-state index in [0.717, 1.165) is 12.1 Å². The van der Waals surface area contributed by atoms with Gasteiger partial charge in [-0.15, -0.1) is 0 Å². The first-order valence-corrected chi connectivity index (χ1v) is 5.41. The van der Waals surface area contributed by atoms with Crippen molar-refractivity contribution in [2.45, 2.75) is 32.0 Å². The maximum absolute atomic E-state index is 12.4. The Labute approximate surface area is 103 Å². The van der Waals surface area contributed by atoms with Gasteiger partial charge in [-0.25, -0.2) is 0 Å². The molecule has 0 heterocycles. The fraction of sp³-hybridized carbons (Fsp3) is 0.500. The smallest absolute Gasteiger partial charge is 0.416 e. The SMILES string of the molecule is CC(C)(O)CCOc1ccc(C(F)(F)F)cc1N. The molecule has 0 radical (unpaired) electrons. The van der Waals surface area contributed by atoms with Crippen LogP contribution in [0, 0.1) is 0 Å². The van der Waals surface area contributed by atoms with Gasteiger partial charge in [-0.05, 0) is 32.0 Å². The van der Waals surface area contributed by atoms with Gasteiger partial charge in [0.2, 0.25) is 0 Å². The van der Waals surface area contributed by atoms with Crippen molar-refractivity contribution in [2.24, 2.45) is 0 Å². The van der Waals surface area contributed by atoms with Crippen LogP contribution < -0.4 is 10.5 Å². The third-order valence-electron chi connectivity index (χ3n) is 2.31. The van der Waals surface area contributed by atoms with E-state index in [1.807, 2.05) is 0 Å². The second kappa shape index (κ2) is 5.06. The highest BCUT2D eigenvalue weighted by molar-refractivity contribution is 5.54. The summed E-state index contributed by atoms with van der Waals surface area (Å²) in [6.07, 6.45) is -4.06. The van der Waals surface area contributed by atoms with Crippen LogP contribution >= 0.6 is 0 Å². The van der Waals surface area contributed by atoms with Crippen LogP contribution in [0.15, 0.2) is 18.2 Å². The molecule has 18 heavy (non-hydrogen) atoms. The Kier molecular flexibility index (Phi) is 4.11. The summed E-state index contributed by atoms with van der Waals surface area (Å²) in [5.74, 6) is 0.187. The lowest BCUT2D eigenvalue weighted by atomic mass is 10.1. The Balaban J connectivity index is 2.69. The number of aliphatic hydroxyl groups is 1. The molecule has 1 aromatic carbocycles. The zero-order valence-corrected chi connectivity index (χ0v) is 10.2. The van der Waals surface area contributed by atoms with Gasteiger partial charge in [0.25, 0.3) is 0 Å². The summed E-state index contributed by atoms with van der Waals surface area (Å²) in [6.45, 7) is 3.41. The first-order chi connectivity index (χ1) is 8.09. The van der Waals surface area contributed by atoms with Gasteiger partial charge in [0, 0.05) is 6.42 Å². The van der Waals surface area contributed by atoms with Gasteiger partial charge in [-0.2, -0.15) is 13.2 Å². The van der Waals surface area contributed by atoms with Crippen molar-refractivity contribution in [3.63, 3.8) is 0 Å². The Morgan fingerprint density at radius 1 is 1.28 bits per heavy atom. The molecule has 3 nitrogen and oxygen atoms in total. The fourth-order valence-corrected chi connectivity index (χ4v) is 1.27. The number of hydrogen-bond donors (Lipinski definition) is 2. The molecule has 0 saturated heterocycles. The predicted octanol–water partition coefficient (Wildman–Crippen LogP) is 2.83. The van der Waals surface area contributed by atoms with Crippen LogP contribution in [0.2, 0.25) is 0 Å². The van der Waals surface area contributed by atoms with Crippen LogP contribution in [-0.4, -0.2) is 17.3 Å². The Morgan fingerprint density at radius 2 is 1.89 bits per heavy atom. The lowest BCUT2D eigenvalue weighted by Crippen LogP contribution is -2.22. The number of nitrogen functional groups attached to an aromatic ring is 1. The lowest BCUT2D eigenvalue weighted by Gasteiger charge is -2.18. The average Bonchev–Trinajstić information content (AvgIpc) is 2.17. The minimum Gasteiger partial charge on any atom is -0.491 e. The molecule has 0 aliphatic carbocycles. The highest BCUT2D eigenvalue weighted by Gasteiger charge is 2.30. The van der Waals surface area contributed by atoms with E-state index in [4.69, 9.17) is 10.5 Å². The summed E-state index contributed by atoms with van der Waals surface area (Å²) in [5, 5.41) is 9.46. The van der Waals surface area contributed by atoms with E-state index >= 15 is 0 Å². The molecular weight excluding hydrogens is 247 g/mol. The van der Waals surface area contributed by atoms with Crippen LogP contribution in [-0.2, 0) is 6.18 Å². The van der Waals surface area contributed by atoms with E-state index in [9.17, 15) is 18.3 Å². The van der Waals surface area contributed by atoms with Crippen LogP contribution in [0.3, 0.4) is 0 Å². The number of nitrogens with two attached hydrogens (primary N) is 1. The summed E-state index contributed by atoms with van der Waals surface area (Å²) < 4.78 is 42.4. The summed E-state index contributed by atoms with van der Waals surface area (Å²) in [7, 11) is 0. The summed E-state index contributed by atoms with van der Waals surface area (Å²) >= 11 is 0. The molecule has 0 unspecified atom stereocenters. The molecule has 102 valence electrons. The zero-order valence-electron chi connectivity index (χ0n) is 10.2. The van der Waals surface area contributed by atoms with Crippen molar-refractivity contribution >= 4 is 5.69 Å². The van der Waals surface area contributed by atoms with E-state index in [1.165, 1.54) is 6.07 Å². The number of alkyl halides is 3. The second-order valence-corrected chi connectivity index (χ2v) is 4.66. The van der Waals surface area contributed by atoms with Crippen molar-refractivity contribution in [2.75, 3.05) is 12.3 Å². The summed E-state index contributed by atoms with van der Waals surface area (Å²) in [5.41, 5.74) is 3.71. The number of rotatable bonds is 4. The van der Waals surface area contributed by atoms with Crippen molar-refractivity contribution in [3.05, 3.63) is 23.8 Å². The summed E-state index contributed by atoms with van der Waals surface area (Å²) in [4.78, 5) is 0. The number of benzene rings is 1. The lowest BCUT2D eigenvalue weighted by molar-refractivity contribution is -0.137. The second-order valence-electron chi connectivity index (χ2n) is 4.66. The molecule has 0 atom stereocenters. The molecule has 1 aromatic rings. The number of hydrogen-bond acceptors (Lipinski definition) is 3. The standard InChI is InChI=1S/C12H16F3NO2/c1-11(2,17)5-6-18-10-4-3-8(7-9(10)16)12(13,14)15/h3-4,7,17H,5-6,16H2,1-2H3. The molecule has 0 aliphatic rings. The minimum absolute atomic E-state index is 0.0689. The first kappa shape index (κ1) is 14.6. The van der Waals surface area contributed by atoms with Gasteiger partial charge in [-0.3, -0.25) is 0 Å². The van der Waals surface area contributed by atoms with E-state index in [-0.39, 0.29) is 18.0 Å². The van der Waals surface area contributed by atoms with Crippen molar-refractivity contribution < 1.29 is 23.0 Å². The van der Waals surface area contributed by atoms with E-state index < -0.39 is 17.3 Å².